The number of rotatable bonds is 10. The topological polar surface area (TPSA) is 20.3 Å². The van der Waals surface area contributed by atoms with Crippen molar-refractivity contribution in [2.45, 2.75) is 90.7 Å². The quantitative estimate of drug-likeness (QED) is 0.451. The number of nitrogens with zero attached hydrogens (tertiary/aromatic N) is 1. The van der Waals surface area contributed by atoms with Crippen LogP contribution in [-0.4, -0.2) is 23.5 Å². The number of amides is 1. The van der Waals surface area contributed by atoms with Crippen molar-refractivity contribution in [3.8, 4) is 0 Å². The van der Waals surface area contributed by atoms with E-state index in [1.165, 1.54) is 44.9 Å². The average Bonchev–Trinajstić information content (AvgIpc) is 2.85. The minimum Gasteiger partial charge on any atom is -0.308 e. The van der Waals surface area contributed by atoms with Gasteiger partial charge in [-0.15, -0.1) is 0 Å². The van der Waals surface area contributed by atoms with Crippen molar-refractivity contribution in [3.05, 3.63) is 11.3 Å². The van der Waals surface area contributed by atoms with Gasteiger partial charge in [-0.2, -0.15) is 13.2 Å². The molecule has 23 heavy (non-hydrogen) atoms. The zero-order chi connectivity index (χ0) is 17.3. The van der Waals surface area contributed by atoms with Gasteiger partial charge in [-0.05, 0) is 31.8 Å². The Kier molecular flexibility index (Phi) is 8.71. The molecule has 0 bridgehead atoms. The SMILES string of the molecule is CCCCCCCCCCCC1=C(C)N(C(=O)C(F)(F)F)CC1. The van der Waals surface area contributed by atoms with Crippen molar-refractivity contribution in [1.29, 1.82) is 0 Å². The van der Waals surface area contributed by atoms with Gasteiger partial charge in [0.25, 0.3) is 0 Å². The summed E-state index contributed by atoms with van der Waals surface area (Å²) in [6.07, 6.45) is 7.73. The first kappa shape index (κ1) is 20.0. The molecule has 0 N–H and O–H groups in total. The Balaban J connectivity index is 2.20. The van der Waals surface area contributed by atoms with Gasteiger partial charge >= 0.3 is 12.1 Å². The van der Waals surface area contributed by atoms with Crippen LogP contribution in [0.4, 0.5) is 13.2 Å². The van der Waals surface area contributed by atoms with E-state index in [4.69, 9.17) is 0 Å². The molecule has 0 fully saturated rings. The molecule has 0 saturated heterocycles. The summed E-state index contributed by atoms with van der Waals surface area (Å²) >= 11 is 0. The van der Waals surface area contributed by atoms with E-state index in [1.807, 2.05) is 0 Å². The van der Waals surface area contributed by atoms with E-state index in [-0.39, 0.29) is 6.54 Å². The van der Waals surface area contributed by atoms with E-state index in [0.717, 1.165) is 29.7 Å². The van der Waals surface area contributed by atoms with Gasteiger partial charge in [-0.3, -0.25) is 4.79 Å². The summed E-state index contributed by atoms with van der Waals surface area (Å²) in [6, 6.07) is 0. The molecular weight excluding hydrogens is 303 g/mol. The van der Waals surface area contributed by atoms with Gasteiger partial charge < -0.3 is 4.90 Å². The molecule has 1 amide bonds. The molecule has 1 aliphatic rings. The minimum atomic E-state index is -4.77. The van der Waals surface area contributed by atoms with Crippen molar-refractivity contribution in [3.63, 3.8) is 0 Å². The molecule has 1 rings (SSSR count). The fraction of sp³-hybridized carbons (Fsp3) is 0.833. The molecule has 0 saturated carbocycles. The third kappa shape index (κ3) is 6.96. The maximum Gasteiger partial charge on any atom is 0.471 e. The number of allylic oxidation sites excluding steroid dienone is 1. The highest BCUT2D eigenvalue weighted by atomic mass is 19.4. The first-order valence-electron chi connectivity index (χ1n) is 8.95. The number of hydrogen-bond acceptors (Lipinski definition) is 1. The molecule has 1 aliphatic heterocycles. The van der Waals surface area contributed by atoms with Crippen molar-refractivity contribution in [2.24, 2.45) is 0 Å². The second-order valence-electron chi connectivity index (χ2n) is 6.47. The number of unbranched alkanes of at least 4 members (excludes halogenated alkanes) is 8. The molecule has 0 unspecified atom stereocenters. The Morgan fingerprint density at radius 1 is 1.00 bits per heavy atom. The lowest BCUT2D eigenvalue weighted by Gasteiger charge is -2.19. The van der Waals surface area contributed by atoms with Crippen LogP contribution in [0.2, 0.25) is 0 Å². The van der Waals surface area contributed by atoms with Gasteiger partial charge in [-0.25, -0.2) is 0 Å². The summed E-state index contributed by atoms with van der Waals surface area (Å²) in [6.45, 7) is 4.03. The molecule has 0 aromatic carbocycles. The Morgan fingerprint density at radius 3 is 2.04 bits per heavy atom. The van der Waals surface area contributed by atoms with Crippen LogP contribution in [0.1, 0.15) is 84.5 Å². The lowest BCUT2D eigenvalue weighted by molar-refractivity contribution is -0.182. The maximum atomic E-state index is 12.5. The highest BCUT2D eigenvalue weighted by Crippen LogP contribution is 2.31. The summed E-state index contributed by atoms with van der Waals surface area (Å²) < 4.78 is 37.5. The summed E-state index contributed by atoms with van der Waals surface area (Å²) in [7, 11) is 0. The fourth-order valence-electron chi connectivity index (χ4n) is 3.15. The van der Waals surface area contributed by atoms with Crippen LogP contribution in [-0.2, 0) is 4.79 Å². The second-order valence-corrected chi connectivity index (χ2v) is 6.47. The number of carbonyl (C=O) groups is 1. The first-order valence-corrected chi connectivity index (χ1v) is 8.95. The van der Waals surface area contributed by atoms with Gasteiger partial charge in [0.15, 0.2) is 0 Å². The summed E-state index contributed by atoms with van der Waals surface area (Å²) in [5.41, 5.74) is 1.54. The van der Waals surface area contributed by atoms with Crippen LogP contribution in [0.25, 0.3) is 0 Å². The van der Waals surface area contributed by atoms with Gasteiger partial charge in [0, 0.05) is 12.2 Å². The Labute approximate surface area is 138 Å². The molecule has 5 heteroatoms. The van der Waals surface area contributed by atoms with Gasteiger partial charge in [0.1, 0.15) is 0 Å². The van der Waals surface area contributed by atoms with Crippen molar-refractivity contribution < 1.29 is 18.0 Å². The molecule has 0 aromatic heterocycles. The molecule has 134 valence electrons. The normalized spacial score (nSPS) is 15.6. The van der Waals surface area contributed by atoms with Crippen molar-refractivity contribution >= 4 is 5.91 Å². The number of alkyl halides is 3. The molecule has 1 heterocycles. The average molecular weight is 333 g/mol. The summed E-state index contributed by atoms with van der Waals surface area (Å²) in [4.78, 5) is 12.2. The monoisotopic (exact) mass is 333 g/mol. The standard InChI is InChI=1S/C18H30F3NO/c1-3-4-5-6-7-8-9-10-11-12-16-13-14-22(15(16)2)17(23)18(19,20)21/h3-14H2,1-2H3. The van der Waals surface area contributed by atoms with Crippen molar-refractivity contribution in [2.75, 3.05) is 6.54 Å². The van der Waals surface area contributed by atoms with Crippen LogP contribution >= 0.6 is 0 Å². The predicted octanol–water partition coefficient (Wildman–Crippen LogP) is 5.98. The van der Waals surface area contributed by atoms with E-state index in [0.29, 0.717) is 12.1 Å². The largest absolute Gasteiger partial charge is 0.471 e. The molecule has 0 atom stereocenters. The lowest BCUT2D eigenvalue weighted by atomic mass is 10.0. The lowest BCUT2D eigenvalue weighted by Crippen LogP contribution is -2.38. The minimum absolute atomic E-state index is 0.178. The van der Waals surface area contributed by atoms with E-state index in [2.05, 4.69) is 6.92 Å². The molecule has 0 aliphatic carbocycles. The smallest absolute Gasteiger partial charge is 0.308 e. The van der Waals surface area contributed by atoms with Crippen molar-refractivity contribution in [1.82, 2.24) is 4.90 Å². The number of carbonyl (C=O) groups excluding carboxylic acids is 1. The highest BCUT2D eigenvalue weighted by molar-refractivity contribution is 5.84. The predicted molar refractivity (Wildman–Crippen MR) is 86.9 cm³/mol. The van der Waals surface area contributed by atoms with Gasteiger partial charge in [0.05, 0.1) is 0 Å². The molecule has 0 aromatic rings. The first-order chi connectivity index (χ1) is 10.9. The molecular formula is C18H30F3NO. The number of hydrogen-bond donors (Lipinski definition) is 0. The zero-order valence-corrected chi connectivity index (χ0v) is 14.5. The molecule has 0 radical (unpaired) electrons. The Morgan fingerprint density at radius 2 is 1.52 bits per heavy atom. The van der Waals surface area contributed by atoms with E-state index < -0.39 is 12.1 Å². The van der Waals surface area contributed by atoms with E-state index in [9.17, 15) is 18.0 Å². The van der Waals surface area contributed by atoms with Crippen LogP contribution < -0.4 is 0 Å². The molecule has 0 spiro atoms. The Bertz CT molecular complexity index is 402. The van der Waals surface area contributed by atoms with Crippen LogP contribution in [0.3, 0.4) is 0 Å². The fourth-order valence-corrected chi connectivity index (χ4v) is 3.15. The number of halogens is 3. The van der Waals surface area contributed by atoms with Crippen LogP contribution in [0.15, 0.2) is 11.3 Å². The third-order valence-electron chi connectivity index (χ3n) is 4.62. The highest BCUT2D eigenvalue weighted by Gasteiger charge is 2.44. The van der Waals surface area contributed by atoms with E-state index in [1.54, 1.807) is 6.92 Å². The van der Waals surface area contributed by atoms with Gasteiger partial charge in [-0.1, -0.05) is 58.3 Å². The second kappa shape index (κ2) is 9.99. The zero-order valence-electron chi connectivity index (χ0n) is 14.5. The maximum absolute atomic E-state index is 12.5. The van der Waals surface area contributed by atoms with E-state index >= 15 is 0 Å². The summed E-state index contributed by atoms with van der Waals surface area (Å²) in [5, 5.41) is 0. The van der Waals surface area contributed by atoms with Crippen LogP contribution in [0, 0.1) is 0 Å². The molecule has 2 nitrogen and oxygen atoms in total. The van der Waals surface area contributed by atoms with Crippen LogP contribution in [0.5, 0.6) is 0 Å². The third-order valence-corrected chi connectivity index (χ3v) is 4.62. The Hall–Kier alpha value is -1.00. The summed E-state index contributed by atoms with van der Waals surface area (Å²) in [5.74, 6) is -1.72. The van der Waals surface area contributed by atoms with Gasteiger partial charge in [0.2, 0.25) is 0 Å².